The maximum atomic E-state index is 13.1. The fourth-order valence-electron chi connectivity index (χ4n) is 3.66. The summed E-state index contributed by atoms with van der Waals surface area (Å²) in [5.74, 6) is -1.28. The Morgan fingerprint density at radius 1 is 1.16 bits per heavy atom. The molecule has 0 saturated carbocycles. The van der Waals surface area contributed by atoms with Gasteiger partial charge in [-0.25, -0.2) is 4.39 Å². The summed E-state index contributed by atoms with van der Waals surface area (Å²) in [6.07, 6.45) is 4.97. The van der Waals surface area contributed by atoms with E-state index in [0.29, 0.717) is 31.7 Å². The first-order chi connectivity index (χ1) is 12.1. The molecule has 4 rings (SSSR count). The highest BCUT2D eigenvalue weighted by Gasteiger charge is 2.41. The Kier molecular flexibility index (Phi) is 3.99. The van der Waals surface area contributed by atoms with Gasteiger partial charge in [-0.05, 0) is 43.2 Å². The molecule has 6 nitrogen and oxygen atoms in total. The Morgan fingerprint density at radius 3 is 2.68 bits per heavy atom. The first kappa shape index (κ1) is 15.8. The quantitative estimate of drug-likeness (QED) is 0.800. The second-order valence-electron chi connectivity index (χ2n) is 6.52. The molecule has 25 heavy (non-hydrogen) atoms. The largest absolute Gasteiger partial charge is 0.340 e. The van der Waals surface area contributed by atoms with Crippen LogP contribution in [0, 0.1) is 11.7 Å². The minimum atomic E-state index is -0.638. The van der Waals surface area contributed by atoms with E-state index in [0.717, 1.165) is 6.42 Å². The second kappa shape index (κ2) is 6.31. The van der Waals surface area contributed by atoms with Gasteiger partial charge >= 0.3 is 0 Å². The number of likely N-dealkylation sites (tertiary alicyclic amines) is 1. The number of benzene rings is 1. The summed E-state index contributed by atoms with van der Waals surface area (Å²) < 4.78 is 14.9. The monoisotopic (exact) mass is 342 g/mol. The van der Waals surface area contributed by atoms with Crippen LogP contribution in [0.25, 0.3) is 0 Å². The summed E-state index contributed by atoms with van der Waals surface area (Å²) in [5.41, 5.74) is 0.637. The molecule has 2 fully saturated rings. The van der Waals surface area contributed by atoms with E-state index in [-0.39, 0.29) is 23.7 Å². The molecule has 0 radical (unpaired) electrons. The number of nitrogens with zero attached hydrogens (tertiary/aromatic N) is 4. The Balaban J connectivity index is 1.43. The van der Waals surface area contributed by atoms with Crippen molar-refractivity contribution in [3.63, 3.8) is 0 Å². The average Bonchev–Trinajstić information content (AvgIpc) is 3.35. The molecule has 2 amide bonds. The van der Waals surface area contributed by atoms with E-state index in [1.54, 1.807) is 28.1 Å². The van der Waals surface area contributed by atoms with E-state index in [4.69, 9.17) is 0 Å². The Hall–Kier alpha value is -2.70. The van der Waals surface area contributed by atoms with Crippen molar-refractivity contribution in [2.75, 3.05) is 24.5 Å². The minimum Gasteiger partial charge on any atom is -0.340 e. The highest BCUT2D eigenvalue weighted by molar-refractivity contribution is 6.09. The molecular weight excluding hydrogens is 323 g/mol. The lowest BCUT2D eigenvalue weighted by molar-refractivity contribution is -0.139. The van der Waals surface area contributed by atoms with Gasteiger partial charge in [0, 0.05) is 37.7 Å². The van der Waals surface area contributed by atoms with Crippen LogP contribution in [-0.2, 0) is 9.59 Å². The third kappa shape index (κ3) is 2.90. The van der Waals surface area contributed by atoms with Gasteiger partial charge < -0.3 is 9.80 Å². The Labute approximate surface area is 144 Å². The third-order valence-electron chi connectivity index (χ3n) is 5.02. The molecule has 0 spiro atoms. The molecule has 0 aliphatic carbocycles. The van der Waals surface area contributed by atoms with Crippen molar-refractivity contribution in [3.05, 3.63) is 48.5 Å². The molecule has 0 N–H and O–H groups in total. The predicted octanol–water partition coefficient (Wildman–Crippen LogP) is 1.85. The minimum absolute atomic E-state index is 0.107. The maximum absolute atomic E-state index is 13.1. The molecule has 2 aliphatic heterocycles. The summed E-state index contributed by atoms with van der Waals surface area (Å²) in [5, 5.41) is 4.24. The van der Waals surface area contributed by atoms with Crippen LogP contribution in [-0.4, -0.2) is 46.1 Å². The van der Waals surface area contributed by atoms with E-state index in [9.17, 15) is 14.0 Å². The number of carbonyl (C=O) groups excluding carboxylic acids is 2. The van der Waals surface area contributed by atoms with Gasteiger partial charge in [-0.3, -0.25) is 14.3 Å². The summed E-state index contributed by atoms with van der Waals surface area (Å²) in [6, 6.07) is 7.84. The highest BCUT2D eigenvalue weighted by Crippen LogP contribution is 2.29. The van der Waals surface area contributed by atoms with Gasteiger partial charge in [0.15, 0.2) is 0 Å². The summed E-state index contributed by atoms with van der Waals surface area (Å²) in [6.45, 7) is 1.71. The maximum Gasteiger partial charge on any atom is 0.239 e. The summed E-state index contributed by atoms with van der Waals surface area (Å²) >= 11 is 0. The lowest BCUT2D eigenvalue weighted by atomic mass is 10.1. The number of anilines is 1. The van der Waals surface area contributed by atoms with E-state index in [1.165, 1.54) is 12.1 Å². The molecule has 2 atom stereocenters. The number of rotatable bonds is 3. The van der Waals surface area contributed by atoms with Crippen molar-refractivity contribution in [1.82, 2.24) is 14.7 Å². The van der Waals surface area contributed by atoms with Crippen LogP contribution in [0.4, 0.5) is 10.1 Å². The van der Waals surface area contributed by atoms with Crippen LogP contribution in [0.2, 0.25) is 0 Å². The molecule has 2 saturated heterocycles. The fourth-order valence-corrected chi connectivity index (χ4v) is 3.66. The van der Waals surface area contributed by atoms with Crippen LogP contribution in [0.5, 0.6) is 0 Å². The molecule has 2 aliphatic rings. The second-order valence-corrected chi connectivity index (χ2v) is 6.52. The van der Waals surface area contributed by atoms with E-state index >= 15 is 0 Å². The molecule has 2 unspecified atom stereocenters. The van der Waals surface area contributed by atoms with Crippen LogP contribution >= 0.6 is 0 Å². The van der Waals surface area contributed by atoms with Gasteiger partial charge in [0.25, 0.3) is 0 Å². The van der Waals surface area contributed by atoms with E-state index in [1.807, 2.05) is 16.9 Å². The van der Waals surface area contributed by atoms with Crippen molar-refractivity contribution in [2.45, 2.75) is 18.9 Å². The van der Waals surface area contributed by atoms with Gasteiger partial charge in [0.1, 0.15) is 11.7 Å². The first-order valence-corrected chi connectivity index (χ1v) is 8.48. The summed E-state index contributed by atoms with van der Waals surface area (Å²) in [7, 11) is 0. The molecule has 0 bridgehead atoms. The van der Waals surface area contributed by atoms with Crippen LogP contribution in [0.3, 0.4) is 0 Å². The normalized spacial score (nSPS) is 23.5. The van der Waals surface area contributed by atoms with Gasteiger partial charge in [0.05, 0.1) is 6.04 Å². The molecule has 1 aromatic carbocycles. The number of carbonyl (C=O) groups is 2. The van der Waals surface area contributed by atoms with Gasteiger partial charge in [-0.2, -0.15) is 5.10 Å². The zero-order valence-corrected chi connectivity index (χ0v) is 13.7. The third-order valence-corrected chi connectivity index (χ3v) is 5.02. The van der Waals surface area contributed by atoms with Crippen LogP contribution < -0.4 is 4.90 Å². The van der Waals surface area contributed by atoms with Crippen molar-refractivity contribution in [1.29, 1.82) is 0 Å². The molecule has 3 heterocycles. The number of hydrogen-bond donors (Lipinski definition) is 0. The standard InChI is InChI=1S/C18H19FN4O2/c19-13-2-4-14(5-3-13)22-11-7-16(18(22)25)17(24)21-10-6-15(12-21)23-9-1-8-20-23/h1-5,8-9,15-16H,6-7,10-12H2. The lowest BCUT2D eigenvalue weighted by Gasteiger charge is -2.21. The molecule has 2 aromatic rings. The smallest absolute Gasteiger partial charge is 0.239 e. The van der Waals surface area contributed by atoms with Crippen molar-refractivity contribution < 1.29 is 14.0 Å². The van der Waals surface area contributed by atoms with E-state index < -0.39 is 5.92 Å². The fraction of sp³-hybridized carbons (Fsp3) is 0.389. The molecule has 130 valence electrons. The summed E-state index contributed by atoms with van der Waals surface area (Å²) in [4.78, 5) is 28.8. The van der Waals surface area contributed by atoms with Crippen LogP contribution in [0.15, 0.2) is 42.7 Å². The highest BCUT2D eigenvalue weighted by atomic mass is 19.1. The number of aromatic nitrogens is 2. The topological polar surface area (TPSA) is 58.4 Å². The van der Waals surface area contributed by atoms with Crippen molar-refractivity contribution >= 4 is 17.5 Å². The van der Waals surface area contributed by atoms with Gasteiger partial charge in [0.2, 0.25) is 11.8 Å². The molecule has 1 aromatic heterocycles. The molecule has 7 heteroatoms. The Bertz CT molecular complexity index is 775. The predicted molar refractivity (Wildman–Crippen MR) is 89.3 cm³/mol. The number of amides is 2. The van der Waals surface area contributed by atoms with E-state index in [2.05, 4.69) is 5.10 Å². The van der Waals surface area contributed by atoms with Gasteiger partial charge in [-0.1, -0.05) is 0 Å². The zero-order valence-electron chi connectivity index (χ0n) is 13.7. The van der Waals surface area contributed by atoms with Gasteiger partial charge in [-0.15, -0.1) is 0 Å². The Morgan fingerprint density at radius 2 is 1.96 bits per heavy atom. The van der Waals surface area contributed by atoms with Crippen molar-refractivity contribution in [2.24, 2.45) is 5.92 Å². The number of hydrogen-bond acceptors (Lipinski definition) is 3. The lowest BCUT2D eigenvalue weighted by Crippen LogP contribution is -2.39. The SMILES string of the molecule is O=C(C1CCN(c2ccc(F)cc2)C1=O)N1CCC(n2cccn2)C1. The first-order valence-electron chi connectivity index (χ1n) is 8.48. The zero-order chi connectivity index (χ0) is 17.4. The van der Waals surface area contributed by atoms with Crippen LogP contribution in [0.1, 0.15) is 18.9 Å². The number of halogens is 1. The van der Waals surface area contributed by atoms with Crippen molar-refractivity contribution in [3.8, 4) is 0 Å². The molecular formula is C18H19FN4O2. The average molecular weight is 342 g/mol.